The first-order chi connectivity index (χ1) is 8.92. The minimum atomic E-state index is -0.108. The van der Waals surface area contributed by atoms with Crippen molar-refractivity contribution in [3.8, 4) is 0 Å². The van der Waals surface area contributed by atoms with Crippen LogP contribution in [0.2, 0.25) is 0 Å². The van der Waals surface area contributed by atoms with Gasteiger partial charge in [-0.2, -0.15) is 0 Å². The van der Waals surface area contributed by atoms with Gasteiger partial charge in [-0.25, -0.2) is 0 Å². The largest absolute Gasteiger partial charge is 0.464 e. The Morgan fingerprint density at radius 1 is 1.26 bits per heavy atom. The van der Waals surface area contributed by atoms with Gasteiger partial charge in [0.25, 0.3) is 0 Å². The maximum atomic E-state index is 5.65. The standard InChI is InChI=1S/C15H27NO3/c1-6-16-10-13-9-14(19-12(13)2)11-17-7-8-18-15(3,4)5/h9,16H,6-8,10-11H2,1-5H3. The van der Waals surface area contributed by atoms with E-state index in [1.54, 1.807) is 0 Å². The van der Waals surface area contributed by atoms with Crippen LogP contribution in [0.5, 0.6) is 0 Å². The molecule has 1 rings (SSSR count). The summed E-state index contributed by atoms with van der Waals surface area (Å²) in [7, 11) is 0. The van der Waals surface area contributed by atoms with Crippen molar-refractivity contribution < 1.29 is 13.9 Å². The molecule has 0 aliphatic heterocycles. The molecular formula is C15H27NO3. The van der Waals surface area contributed by atoms with Crippen LogP contribution >= 0.6 is 0 Å². The summed E-state index contributed by atoms with van der Waals surface area (Å²) in [6.45, 7) is 13.7. The summed E-state index contributed by atoms with van der Waals surface area (Å²) in [5.74, 6) is 1.84. The van der Waals surface area contributed by atoms with E-state index in [4.69, 9.17) is 13.9 Å². The first kappa shape index (κ1) is 16.2. The summed E-state index contributed by atoms with van der Waals surface area (Å²) >= 11 is 0. The number of hydrogen-bond donors (Lipinski definition) is 1. The van der Waals surface area contributed by atoms with E-state index in [-0.39, 0.29) is 5.60 Å². The van der Waals surface area contributed by atoms with Crippen molar-refractivity contribution in [2.75, 3.05) is 19.8 Å². The number of ether oxygens (including phenoxy) is 2. The third-order valence-corrected chi connectivity index (χ3v) is 2.64. The van der Waals surface area contributed by atoms with E-state index in [1.165, 1.54) is 5.56 Å². The zero-order valence-corrected chi connectivity index (χ0v) is 12.8. The molecule has 0 atom stereocenters. The first-order valence-electron chi connectivity index (χ1n) is 6.93. The molecule has 0 amide bonds. The van der Waals surface area contributed by atoms with Crippen molar-refractivity contribution in [3.05, 3.63) is 23.2 Å². The summed E-state index contributed by atoms with van der Waals surface area (Å²) in [5.41, 5.74) is 1.09. The van der Waals surface area contributed by atoms with Gasteiger partial charge in [0.1, 0.15) is 18.1 Å². The van der Waals surface area contributed by atoms with Gasteiger partial charge in [0, 0.05) is 12.1 Å². The summed E-state index contributed by atoms with van der Waals surface area (Å²) < 4.78 is 16.8. The number of rotatable bonds is 8. The van der Waals surface area contributed by atoms with Crippen LogP contribution in [0, 0.1) is 6.92 Å². The molecule has 4 nitrogen and oxygen atoms in total. The molecule has 1 aromatic rings. The smallest absolute Gasteiger partial charge is 0.130 e. The van der Waals surface area contributed by atoms with Gasteiger partial charge in [0.15, 0.2) is 0 Å². The van der Waals surface area contributed by atoms with Crippen LogP contribution in [-0.4, -0.2) is 25.4 Å². The lowest BCUT2D eigenvalue weighted by Crippen LogP contribution is -2.21. The van der Waals surface area contributed by atoms with Gasteiger partial charge in [0.05, 0.1) is 18.8 Å². The maximum Gasteiger partial charge on any atom is 0.130 e. The lowest BCUT2D eigenvalue weighted by molar-refractivity contribution is -0.0395. The molecule has 0 unspecified atom stereocenters. The highest BCUT2D eigenvalue weighted by molar-refractivity contribution is 5.20. The van der Waals surface area contributed by atoms with Gasteiger partial charge in [-0.05, 0) is 40.3 Å². The summed E-state index contributed by atoms with van der Waals surface area (Å²) in [6.07, 6.45) is 0. The highest BCUT2D eigenvalue weighted by Crippen LogP contribution is 2.15. The van der Waals surface area contributed by atoms with Gasteiger partial charge < -0.3 is 19.2 Å². The average Bonchev–Trinajstić information content (AvgIpc) is 2.65. The molecule has 0 fully saturated rings. The second-order valence-corrected chi connectivity index (χ2v) is 5.59. The predicted molar refractivity (Wildman–Crippen MR) is 76.2 cm³/mol. The zero-order valence-electron chi connectivity index (χ0n) is 12.8. The van der Waals surface area contributed by atoms with Gasteiger partial charge in [0.2, 0.25) is 0 Å². The Hall–Kier alpha value is -0.840. The summed E-state index contributed by atoms with van der Waals surface area (Å²) in [6, 6.07) is 2.06. The second-order valence-electron chi connectivity index (χ2n) is 5.59. The van der Waals surface area contributed by atoms with E-state index >= 15 is 0 Å². The van der Waals surface area contributed by atoms with Crippen LogP contribution < -0.4 is 5.32 Å². The fraction of sp³-hybridized carbons (Fsp3) is 0.733. The van der Waals surface area contributed by atoms with Crippen LogP contribution in [0.15, 0.2) is 10.5 Å². The Kier molecular flexibility index (Phi) is 6.55. The number of nitrogens with one attached hydrogen (secondary N) is 1. The third-order valence-electron chi connectivity index (χ3n) is 2.64. The molecule has 1 N–H and O–H groups in total. The number of hydrogen-bond acceptors (Lipinski definition) is 4. The van der Waals surface area contributed by atoms with Crippen LogP contribution in [0.1, 0.15) is 44.8 Å². The summed E-state index contributed by atoms with van der Waals surface area (Å²) in [5, 5.41) is 3.29. The number of aryl methyl sites for hydroxylation is 1. The van der Waals surface area contributed by atoms with Crippen molar-refractivity contribution in [1.29, 1.82) is 0 Å². The molecule has 0 radical (unpaired) electrons. The topological polar surface area (TPSA) is 43.6 Å². The van der Waals surface area contributed by atoms with Crippen molar-refractivity contribution in [2.45, 2.75) is 53.4 Å². The van der Waals surface area contributed by atoms with E-state index in [2.05, 4.69) is 18.3 Å². The molecule has 0 aliphatic carbocycles. The van der Waals surface area contributed by atoms with E-state index in [0.29, 0.717) is 19.8 Å². The molecule has 1 aromatic heterocycles. The van der Waals surface area contributed by atoms with E-state index in [9.17, 15) is 0 Å². The van der Waals surface area contributed by atoms with E-state index in [1.807, 2.05) is 27.7 Å². The van der Waals surface area contributed by atoms with Crippen molar-refractivity contribution in [3.63, 3.8) is 0 Å². The zero-order chi connectivity index (χ0) is 14.3. The fourth-order valence-electron chi connectivity index (χ4n) is 1.67. The van der Waals surface area contributed by atoms with Crippen LogP contribution in [0.25, 0.3) is 0 Å². The highest BCUT2D eigenvalue weighted by atomic mass is 16.5. The molecule has 0 aromatic carbocycles. The van der Waals surface area contributed by atoms with Crippen molar-refractivity contribution in [1.82, 2.24) is 5.32 Å². The van der Waals surface area contributed by atoms with Crippen molar-refractivity contribution in [2.24, 2.45) is 0 Å². The Bertz CT molecular complexity index is 366. The molecule has 4 heteroatoms. The molecule has 0 saturated carbocycles. The van der Waals surface area contributed by atoms with Crippen LogP contribution in [0.4, 0.5) is 0 Å². The molecule has 0 bridgehead atoms. The molecule has 110 valence electrons. The minimum Gasteiger partial charge on any atom is -0.464 e. The minimum absolute atomic E-state index is 0.108. The lowest BCUT2D eigenvalue weighted by atomic mass is 10.2. The van der Waals surface area contributed by atoms with Gasteiger partial charge >= 0.3 is 0 Å². The monoisotopic (exact) mass is 269 g/mol. The molecular weight excluding hydrogens is 242 g/mol. The molecule has 0 aliphatic rings. The molecule has 1 heterocycles. The van der Waals surface area contributed by atoms with Gasteiger partial charge in [-0.1, -0.05) is 6.92 Å². The average molecular weight is 269 g/mol. The van der Waals surface area contributed by atoms with E-state index in [0.717, 1.165) is 24.6 Å². The third kappa shape index (κ3) is 6.76. The Morgan fingerprint density at radius 2 is 2.00 bits per heavy atom. The normalized spacial score (nSPS) is 12.1. The van der Waals surface area contributed by atoms with Gasteiger partial charge in [-0.3, -0.25) is 0 Å². The fourth-order valence-corrected chi connectivity index (χ4v) is 1.67. The van der Waals surface area contributed by atoms with Crippen LogP contribution in [-0.2, 0) is 22.6 Å². The second kappa shape index (κ2) is 7.68. The summed E-state index contributed by atoms with van der Waals surface area (Å²) in [4.78, 5) is 0. The SMILES string of the molecule is CCNCc1cc(COCCOC(C)(C)C)oc1C. The van der Waals surface area contributed by atoms with Gasteiger partial charge in [-0.15, -0.1) is 0 Å². The van der Waals surface area contributed by atoms with Crippen LogP contribution in [0.3, 0.4) is 0 Å². The highest BCUT2D eigenvalue weighted by Gasteiger charge is 2.10. The Morgan fingerprint density at radius 3 is 2.63 bits per heavy atom. The maximum absolute atomic E-state index is 5.65. The Labute approximate surface area is 116 Å². The Balaban J connectivity index is 2.26. The molecule has 0 saturated heterocycles. The molecule has 0 spiro atoms. The van der Waals surface area contributed by atoms with E-state index < -0.39 is 0 Å². The quantitative estimate of drug-likeness (QED) is 0.737. The number of furan rings is 1. The first-order valence-corrected chi connectivity index (χ1v) is 6.93. The lowest BCUT2D eigenvalue weighted by Gasteiger charge is -2.19. The molecule has 19 heavy (non-hydrogen) atoms. The van der Waals surface area contributed by atoms with Crippen molar-refractivity contribution >= 4 is 0 Å². The predicted octanol–water partition coefficient (Wildman–Crippen LogP) is 3.03.